The Bertz CT molecular complexity index is 726. The van der Waals surface area contributed by atoms with E-state index in [9.17, 15) is 23.1 Å². The molecule has 0 atom stereocenters. The summed E-state index contributed by atoms with van der Waals surface area (Å²) in [4.78, 5) is 13.4. The predicted molar refractivity (Wildman–Crippen MR) is 69.2 cm³/mol. The van der Waals surface area contributed by atoms with Gasteiger partial charge in [-0.1, -0.05) is 23.2 Å². The minimum atomic E-state index is -4.77. The van der Waals surface area contributed by atoms with Crippen molar-refractivity contribution in [3.05, 3.63) is 50.4 Å². The number of aromatic hydroxyl groups is 1. The molecule has 0 amide bonds. The number of alkyl halides is 3. The lowest BCUT2D eigenvalue weighted by Crippen LogP contribution is -2.17. The molecule has 0 aliphatic carbocycles. The highest BCUT2D eigenvalue weighted by Crippen LogP contribution is 2.36. The molecular formula is C12H6Cl2F3NO2. The van der Waals surface area contributed by atoms with Crippen molar-refractivity contribution < 1.29 is 18.3 Å². The molecule has 0 bridgehead atoms. The van der Waals surface area contributed by atoms with Crippen LogP contribution < -0.4 is 5.56 Å². The first kappa shape index (κ1) is 14.7. The largest absolute Gasteiger partial charge is 0.507 e. The van der Waals surface area contributed by atoms with E-state index >= 15 is 0 Å². The van der Waals surface area contributed by atoms with E-state index in [0.717, 1.165) is 0 Å². The Hall–Kier alpha value is -1.66. The number of pyridine rings is 1. The Morgan fingerprint density at radius 1 is 1.15 bits per heavy atom. The van der Waals surface area contributed by atoms with Gasteiger partial charge >= 0.3 is 6.18 Å². The molecule has 0 aliphatic rings. The molecule has 0 spiro atoms. The number of nitrogens with one attached hydrogen (secondary N) is 1. The van der Waals surface area contributed by atoms with Crippen molar-refractivity contribution in [3.8, 4) is 16.9 Å². The van der Waals surface area contributed by atoms with Crippen molar-refractivity contribution in [3.63, 3.8) is 0 Å². The van der Waals surface area contributed by atoms with Gasteiger partial charge in [-0.25, -0.2) is 0 Å². The second-order valence-corrected chi connectivity index (χ2v) is 4.74. The van der Waals surface area contributed by atoms with Crippen molar-refractivity contribution in [2.45, 2.75) is 6.18 Å². The lowest BCUT2D eigenvalue weighted by molar-refractivity contribution is -0.141. The van der Waals surface area contributed by atoms with Gasteiger partial charge in [0.05, 0.1) is 5.56 Å². The van der Waals surface area contributed by atoms with Crippen LogP contribution in [0.3, 0.4) is 0 Å². The van der Waals surface area contributed by atoms with E-state index in [4.69, 9.17) is 23.2 Å². The van der Waals surface area contributed by atoms with E-state index in [-0.39, 0.29) is 21.2 Å². The normalized spacial score (nSPS) is 11.7. The smallest absolute Gasteiger partial charge is 0.431 e. The topological polar surface area (TPSA) is 53.1 Å². The maximum Gasteiger partial charge on any atom is 0.431 e. The number of halogens is 5. The Morgan fingerprint density at radius 3 is 2.35 bits per heavy atom. The average Bonchev–Trinajstić information content (AvgIpc) is 2.31. The van der Waals surface area contributed by atoms with Gasteiger partial charge in [-0.15, -0.1) is 0 Å². The monoisotopic (exact) mass is 323 g/mol. The maximum absolute atomic E-state index is 12.5. The molecular weight excluding hydrogens is 318 g/mol. The number of hydrogen-bond acceptors (Lipinski definition) is 2. The summed E-state index contributed by atoms with van der Waals surface area (Å²) in [5.41, 5.74) is -2.78. The van der Waals surface area contributed by atoms with Crippen LogP contribution in [0.25, 0.3) is 11.1 Å². The van der Waals surface area contributed by atoms with Crippen LogP contribution in [0.4, 0.5) is 13.2 Å². The summed E-state index contributed by atoms with van der Waals surface area (Å²) < 4.78 is 37.5. The van der Waals surface area contributed by atoms with Gasteiger partial charge in [0, 0.05) is 21.7 Å². The van der Waals surface area contributed by atoms with Crippen molar-refractivity contribution in [2.24, 2.45) is 0 Å². The number of hydrogen-bond donors (Lipinski definition) is 2. The molecule has 0 saturated heterocycles. The van der Waals surface area contributed by atoms with Gasteiger partial charge in [0.25, 0.3) is 5.56 Å². The van der Waals surface area contributed by atoms with E-state index in [2.05, 4.69) is 0 Å². The molecule has 106 valence electrons. The zero-order chi connectivity index (χ0) is 15.1. The van der Waals surface area contributed by atoms with Crippen molar-refractivity contribution in [1.82, 2.24) is 4.98 Å². The molecule has 0 radical (unpaired) electrons. The second kappa shape index (κ2) is 5.03. The van der Waals surface area contributed by atoms with Gasteiger partial charge in [0.2, 0.25) is 0 Å². The van der Waals surface area contributed by atoms with Gasteiger partial charge in [0.15, 0.2) is 0 Å². The van der Waals surface area contributed by atoms with Crippen LogP contribution in [0.1, 0.15) is 5.69 Å². The van der Waals surface area contributed by atoms with Crippen molar-refractivity contribution in [2.75, 3.05) is 0 Å². The first-order chi connectivity index (χ1) is 9.20. The first-order valence-electron chi connectivity index (χ1n) is 5.19. The third-order valence-electron chi connectivity index (χ3n) is 2.52. The van der Waals surface area contributed by atoms with Crippen LogP contribution in [0.2, 0.25) is 10.0 Å². The van der Waals surface area contributed by atoms with E-state index in [1.165, 1.54) is 18.2 Å². The second-order valence-electron chi connectivity index (χ2n) is 3.89. The number of H-pyrrole nitrogens is 1. The van der Waals surface area contributed by atoms with E-state index in [0.29, 0.717) is 6.07 Å². The standard InChI is InChI=1S/C12H6Cl2F3NO2/c13-5-1-2-7(14)6(3-5)10-8(19)4-9(12(15,16)17)18-11(10)20/h1-4H,(H2,18,19,20). The van der Waals surface area contributed by atoms with Crippen LogP contribution in [-0.4, -0.2) is 10.1 Å². The third kappa shape index (κ3) is 2.76. The summed E-state index contributed by atoms with van der Waals surface area (Å²) in [6, 6.07) is 4.52. The molecule has 8 heteroatoms. The number of benzene rings is 1. The highest BCUT2D eigenvalue weighted by molar-refractivity contribution is 6.35. The van der Waals surface area contributed by atoms with Crippen LogP contribution in [0.5, 0.6) is 5.75 Å². The molecule has 1 aromatic carbocycles. The van der Waals surface area contributed by atoms with Crippen LogP contribution in [-0.2, 0) is 6.18 Å². The molecule has 0 unspecified atom stereocenters. The SMILES string of the molecule is O=c1[nH]c(C(F)(F)F)cc(O)c1-c1cc(Cl)ccc1Cl. The average molecular weight is 324 g/mol. The highest BCUT2D eigenvalue weighted by Gasteiger charge is 2.33. The fraction of sp³-hybridized carbons (Fsp3) is 0.0833. The minimum Gasteiger partial charge on any atom is -0.507 e. The lowest BCUT2D eigenvalue weighted by Gasteiger charge is -2.10. The van der Waals surface area contributed by atoms with Crippen LogP contribution in [0.15, 0.2) is 29.1 Å². The molecule has 0 aliphatic heterocycles. The van der Waals surface area contributed by atoms with E-state index < -0.39 is 23.2 Å². The molecule has 3 nitrogen and oxygen atoms in total. The Balaban J connectivity index is 2.71. The van der Waals surface area contributed by atoms with Gasteiger partial charge in [-0.3, -0.25) is 4.79 Å². The van der Waals surface area contributed by atoms with E-state index in [1.54, 1.807) is 4.98 Å². The van der Waals surface area contributed by atoms with Crippen LogP contribution in [0, 0.1) is 0 Å². The number of aromatic nitrogens is 1. The van der Waals surface area contributed by atoms with Crippen LogP contribution >= 0.6 is 23.2 Å². The molecule has 1 aromatic heterocycles. The van der Waals surface area contributed by atoms with Crippen molar-refractivity contribution in [1.29, 1.82) is 0 Å². The quantitative estimate of drug-likeness (QED) is 0.831. The zero-order valence-electron chi connectivity index (χ0n) is 9.55. The fourth-order valence-corrected chi connectivity index (χ4v) is 2.03. The number of aromatic amines is 1. The summed E-state index contributed by atoms with van der Waals surface area (Å²) in [5.74, 6) is -0.828. The maximum atomic E-state index is 12.5. The number of rotatable bonds is 1. The van der Waals surface area contributed by atoms with Gasteiger partial charge in [0.1, 0.15) is 11.4 Å². The summed E-state index contributed by atoms with van der Waals surface area (Å²) in [6.07, 6.45) is -4.77. The van der Waals surface area contributed by atoms with Crippen molar-refractivity contribution >= 4 is 23.2 Å². The molecule has 20 heavy (non-hydrogen) atoms. The molecule has 0 saturated carbocycles. The third-order valence-corrected chi connectivity index (χ3v) is 3.08. The molecule has 2 aromatic rings. The summed E-state index contributed by atoms with van der Waals surface area (Å²) in [6.45, 7) is 0. The predicted octanol–water partition coefficient (Wildman–Crippen LogP) is 4.07. The fourth-order valence-electron chi connectivity index (χ4n) is 1.65. The Labute approximate surface area is 120 Å². The minimum absolute atomic E-state index is 0.0478. The highest BCUT2D eigenvalue weighted by atomic mass is 35.5. The molecule has 1 heterocycles. The first-order valence-corrected chi connectivity index (χ1v) is 5.94. The Morgan fingerprint density at radius 2 is 1.80 bits per heavy atom. The Kier molecular flexibility index (Phi) is 3.71. The summed E-state index contributed by atoms with van der Waals surface area (Å²) >= 11 is 11.6. The summed E-state index contributed by atoms with van der Waals surface area (Å²) in [5, 5.41) is 9.99. The molecule has 2 rings (SSSR count). The molecule has 2 N–H and O–H groups in total. The zero-order valence-corrected chi connectivity index (χ0v) is 11.1. The van der Waals surface area contributed by atoms with Gasteiger partial charge in [-0.2, -0.15) is 13.2 Å². The van der Waals surface area contributed by atoms with Gasteiger partial charge in [-0.05, 0) is 18.2 Å². The summed E-state index contributed by atoms with van der Waals surface area (Å²) in [7, 11) is 0. The van der Waals surface area contributed by atoms with E-state index in [1.807, 2.05) is 0 Å². The molecule has 0 fully saturated rings. The lowest BCUT2D eigenvalue weighted by atomic mass is 10.1. The van der Waals surface area contributed by atoms with Gasteiger partial charge < -0.3 is 10.1 Å².